The predicted molar refractivity (Wildman–Crippen MR) is 194 cm³/mol. The fourth-order valence-corrected chi connectivity index (χ4v) is 6.42. The number of aliphatic hydroxyl groups is 1. The molecule has 2 aliphatic heterocycles. The molecule has 2 heterocycles. The van der Waals surface area contributed by atoms with Crippen molar-refractivity contribution in [3.8, 4) is 0 Å². The van der Waals surface area contributed by atoms with E-state index in [1.165, 1.54) is 6.92 Å². The third kappa shape index (κ3) is 12.4. The molecule has 0 bridgehead atoms. The Hall–Kier alpha value is -4.74. The number of rotatable bonds is 18. The number of esters is 4. The summed E-state index contributed by atoms with van der Waals surface area (Å²) >= 11 is 0. The Morgan fingerprint density at radius 2 is 1.05 bits per heavy atom. The minimum absolute atomic E-state index is 0.130. The van der Waals surface area contributed by atoms with E-state index in [1.54, 1.807) is 0 Å². The van der Waals surface area contributed by atoms with Crippen LogP contribution in [0.3, 0.4) is 0 Å². The van der Waals surface area contributed by atoms with E-state index in [9.17, 15) is 24.3 Å². The van der Waals surface area contributed by atoms with Crippen molar-refractivity contribution in [2.45, 2.75) is 109 Å². The molecule has 3 aromatic carbocycles. The molecule has 15 nitrogen and oxygen atoms in total. The van der Waals surface area contributed by atoms with Crippen LogP contribution in [0.4, 0.5) is 0 Å². The number of carbonyl (C=O) groups is 4. The van der Waals surface area contributed by atoms with Crippen LogP contribution in [0.15, 0.2) is 91.0 Å². The van der Waals surface area contributed by atoms with Crippen molar-refractivity contribution in [2.75, 3.05) is 13.2 Å². The van der Waals surface area contributed by atoms with Gasteiger partial charge >= 0.3 is 23.9 Å². The molecule has 2 saturated heterocycles. The lowest BCUT2D eigenvalue weighted by Gasteiger charge is -2.44. The molecule has 0 unspecified atom stereocenters. The van der Waals surface area contributed by atoms with Gasteiger partial charge in [-0.05, 0) is 16.7 Å². The maximum Gasteiger partial charge on any atom is 0.303 e. The second kappa shape index (κ2) is 21.0. The van der Waals surface area contributed by atoms with E-state index in [0.29, 0.717) is 0 Å². The minimum atomic E-state index is -1.52. The van der Waals surface area contributed by atoms with Gasteiger partial charge in [-0.2, -0.15) is 0 Å². The molecule has 1 N–H and O–H groups in total. The smallest absolute Gasteiger partial charge is 0.303 e. The average Bonchev–Trinajstić information content (AvgIpc) is 3.49. The van der Waals surface area contributed by atoms with Gasteiger partial charge in [-0.3, -0.25) is 19.2 Å². The van der Waals surface area contributed by atoms with Crippen LogP contribution in [0, 0.1) is 0 Å². The van der Waals surface area contributed by atoms with Crippen LogP contribution in [0.5, 0.6) is 0 Å². The number of carbonyl (C=O) groups excluding carboxylic acids is 4. The van der Waals surface area contributed by atoms with Crippen molar-refractivity contribution in [2.24, 2.45) is 0 Å². The van der Waals surface area contributed by atoms with E-state index in [1.807, 2.05) is 91.0 Å². The molecule has 0 amide bonds. The zero-order valence-electron chi connectivity index (χ0n) is 31.6. The Labute approximate surface area is 325 Å². The van der Waals surface area contributed by atoms with Crippen LogP contribution in [-0.2, 0) is 86.4 Å². The van der Waals surface area contributed by atoms with Crippen LogP contribution in [-0.4, -0.2) is 104 Å². The van der Waals surface area contributed by atoms with Crippen LogP contribution in [0.2, 0.25) is 0 Å². The molecule has 0 aromatic heterocycles. The first-order chi connectivity index (χ1) is 27.0. The number of hydrogen-bond donors (Lipinski definition) is 1. The standard InChI is InChI=1S/C41H48O15/c1-25(42)47-23-33(52-26(2)43)35-37(53-27(3)44)39(54-28(4)45)41(56-35)51-24-32-34(48-20-29-14-8-5-9-15-29)36(49-21-30-16-10-6-11-17-30)38(40(46)55-32)50-22-31-18-12-7-13-19-31/h5-19,32-41,46H,20-24H2,1-4H3/t32-,33-,34-,35+,36+,37+,38-,39-,40+,41-/m1/s1. The lowest BCUT2D eigenvalue weighted by Crippen LogP contribution is -2.61. The van der Waals surface area contributed by atoms with E-state index in [4.69, 9.17) is 47.4 Å². The normalized spacial score (nSPS) is 26.5. The van der Waals surface area contributed by atoms with Gasteiger partial charge < -0.3 is 52.5 Å². The molecule has 15 heteroatoms. The lowest BCUT2D eigenvalue weighted by molar-refractivity contribution is -0.323. The molecule has 0 radical (unpaired) electrons. The highest BCUT2D eigenvalue weighted by atomic mass is 16.8. The van der Waals surface area contributed by atoms with Crippen LogP contribution >= 0.6 is 0 Å². The summed E-state index contributed by atoms with van der Waals surface area (Å²) in [6, 6.07) is 28.3. The van der Waals surface area contributed by atoms with Crippen molar-refractivity contribution in [3.05, 3.63) is 108 Å². The first kappa shape index (κ1) is 42.4. The largest absolute Gasteiger partial charge is 0.462 e. The zero-order chi connectivity index (χ0) is 40.0. The molecule has 3 aromatic rings. The van der Waals surface area contributed by atoms with Crippen molar-refractivity contribution >= 4 is 23.9 Å². The molecule has 302 valence electrons. The monoisotopic (exact) mass is 780 g/mol. The van der Waals surface area contributed by atoms with Crippen molar-refractivity contribution in [1.82, 2.24) is 0 Å². The quantitative estimate of drug-likeness (QED) is 0.146. The van der Waals surface area contributed by atoms with Gasteiger partial charge in [-0.15, -0.1) is 0 Å². The lowest BCUT2D eigenvalue weighted by atomic mass is 9.98. The van der Waals surface area contributed by atoms with Gasteiger partial charge in [0.25, 0.3) is 0 Å². The van der Waals surface area contributed by atoms with Crippen LogP contribution < -0.4 is 0 Å². The van der Waals surface area contributed by atoms with E-state index in [2.05, 4.69) is 0 Å². The van der Waals surface area contributed by atoms with Crippen molar-refractivity contribution in [3.63, 3.8) is 0 Å². The summed E-state index contributed by atoms with van der Waals surface area (Å²) in [5, 5.41) is 11.5. The van der Waals surface area contributed by atoms with E-state index in [-0.39, 0.29) is 26.4 Å². The first-order valence-electron chi connectivity index (χ1n) is 18.2. The Balaban J connectivity index is 1.44. The molecular weight excluding hydrogens is 732 g/mol. The maximum absolute atomic E-state index is 12.4. The summed E-state index contributed by atoms with van der Waals surface area (Å²) in [5.41, 5.74) is 2.58. The summed E-state index contributed by atoms with van der Waals surface area (Å²) in [6.45, 7) is 4.21. The third-order valence-electron chi connectivity index (χ3n) is 8.84. The van der Waals surface area contributed by atoms with E-state index < -0.39 is 91.9 Å². The zero-order valence-corrected chi connectivity index (χ0v) is 31.6. The van der Waals surface area contributed by atoms with Gasteiger partial charge in [0, 0.05) is 27.7 Å². The van der Waals surface area contributed by atoms with Gasteiger partial charge in [-0.25, -0.2) is 0 Å². The summed E-state index contributed by atoms with van der Waals surface area (Å²) in [6.07, 6.45) is -12.2. The highest BCUT2D eigenvalue weighted by Crippen LogP contribution is 2.34. The van der Waals surface area contributed by atoms with Gasteiger partial charge in [0.2, 0.25) is 0 Å². The fraction of sp³-hybridized carbons (Fsp3) is 0.463. The molecule has 5 rings (SSSR count). The summed E-state index contributed by atoms with van der Waals surface area (Å²) in [4.78, 5) is 48.5. The summed E-state index contributed by atoms with van der Waals surface area (Å²) in [7, 11) is 0. The molecular formula is C41H48O15. The predicted octanol–water partition coefficient (Wildman–Crippen LogP) is 3.56. The molecule has 56 heavy (non-hydrogen) atoms. The second-order valence-electron chi connectivity index (χ2n) is 13.2. The number of hydrogen-bond acceptors (Lipinski definition) is 15. The molecule has 0 spiro atoms. The summed E-state index contributed by atoms with van der Waals surface area (Å²) in [5.74, 6) is -2.92. The van der Waals surface area contributed by atoms with Crippen molar-refractivity contribution in [1.29, 1.82) is 0 Å². The Bertz CT molecular complexity index is 1690. The highest BCUT2D eigenvalue weighted by Gasteiger charge is 2.55. The highest BCUT2D eigenvalue weighted by molar-refractivity contribution is 5.68. The minimum Gasteiger partial charge on any atom is -0.462 e. The number of aliphatic hydroxyl groups excluding tert-OH is 1. The van der Waals surface area contributed by atoms with Crippen molar-refractivity contribution < 1.29 is 71.7 Å². The van der Waals surface area contributed by atoms with Gasteiger partial charge in [-0.1, -0.05) is 91.0 Å². The molecule has 0 aliphatic carbocycles. The summed E-state index contributed by atoms with van der Waals surface area (Å²) < 4.78 is 59.5. The molecule has 2 fully saturated rings. The first-order valence-corrected chi connectivity index (χ1v) is 18.2. The Morgan fingerprint density at radius 1 is 0.571 bits per heavy atom. The van der Waals surface area contributed by atoms with Crippen LogP contribution in [0.1, 0.15) is 44.4 Å². The Morgan fingerprint density at radius 3 is 1.54 bits per heavy atom. The van der Waals surface area contributed by atoms with Crippen LogP contribution in [0.25, 0.3) is 0 Å². The Kier molecular flexibility index (Phi) is 15.9. The average molecular weight is 781 g/mol. The molecule has 10 atom stereocenters. The van der Waals surface area contributed by atoms with Gasteiger partial charge in [0.05, 0.1) is 26.4 Å². The number of benzene rings is 3. The topological polar surface area (TPSA) is 181 Å². The van der Waals surface area contributed by atoms with E-state index in [0.717, 1.165) is 37.5 Å². The van der Waals surface area contributed by atoms with E-state index >= 15 is 0 Å². The molecule has 2 aliphatic rings. The van der Waals surface area contributed by atoms with Gasteiger partial charge in [0.1, 0.15) is 37.1 Å². The maximum atomic E-state index is 12.4. The van der Waals surface area contributed by atoms with Gasteiger partial charge in [0.15, 0.2) is 30.9 Å². The SMILES string of the molecule is CC(=O)OC[C@@H](OC(C)=O)[C@@H]1O[C@@H](OC[C@H]2O[C@H](O)[C@H](OCc3ccccc3)[C@@H](OCc3ccccc3)[C@@H]2OCc2ccccc2)[C@H](OC(C)=O)[C@H]1OC(C)=O. The second-order valence-corrected chi connectivity index (χ2v) is 13.2. The fourth-order valence-electron chi connectivity index (χ4n) is 6.42. The molecule has 0 saturated carbocycles. The third-order valence-corrected chi connectivity index (χ3v) is 8.84. The number of ether oxygens (including phenoxy) is 10.